The molecule has 102 valence electrons. The van der Waals surface area contributed by atoms with Gasteiger partial charge in [0.1, 0.15) is 5.76 Å². The van der Waals surface area contributed by atoms with Gasteiger partial charge in [0.05, 0.1) is 0 Å². The zero-order chi connectivity index (χ0) is 13.8. The van der Waals surface area contributed by atoms with Crippen LogP contribution in [0, 0.1) is 12.3 Å². The maximum absolute atomic E-state index is 12.0. The third-order valence-electron chi connectivity index (χ3n) is 3.21. The largest absolute Gasteiger partial charge is 0.360 e. The zero-order valence-corrected chi connectivity index (χ0v) is 12.1. The van der Waals surface area contributed by atoms with Gasteiger partial charge in [0.15, 0.2) is 5.69 Å². The number of rotatable bonds is 6. The van der Waals surface area contributed by atoms with E-state index < -0.39 is 0 Å². The van der Waals surface area contributed by atoms with Gasteiger partial charge in [0.2, 0.25) is 0 Å². The van der Waals surface area contributed by atoms with Crippen LogP contribution in [0.3, 0.4) is 0 Å². The summed E-state index contributed by atoms with van der Waals surface area (Å²) < 4.78 is 5.13. The standard InChI is InChI=1S/C14H24N2O2/c1-6-8-14(4,5)9-15-13(17)12-10(3)11(7-2)18-16-12/h6-9H2,1-5H3,(H,15,17). The minimum absolute atomic E-state index is 0.121. The fourth-order valence-electron chi connectivity index (χ4n) is 2.08. The molecule has 4 heteroatoms. The third-order valence-corrected chi connectivity index (χ3v) is 3.21. The van der Waals surface area contributed by atoms with Gasteiger partial charge in [-0.1, -0.05) is 39.3 Å². The molecule has 0 atom stereocenters. The van der Waals surface area contributed by atoms with Gasteiger partial charge in [-0.2, -0.15) is 0 Å². The number of aryl methyl sites for hydroxylation is 1. The summed E-state index contributed by atoms with van der Waals surface area (Å²) in [6, 6.07) is 0. The Labute approximate surface area is 109 Å². The Morgan fingerprint density at radius 2 is 2.06 bits per heavy atom. The van der Waals surface area contributed by atoms with Gasteiger partial charge >= 0.3 is 0 Å². The molecule has 4 nitrogen and oxygen atoms in total. The van der Waals surface area contributed by atoms with Crippen LogP contribution in [-0.2, 0) is 6.42 Å². The maximum atomic E-state index is 12.0. The highest BCUT2D eigenvalue weighted by molar-refractivity contribution is 5.93. The Hall–Kier alpha value is -1.32. The van der Waals surface area contributed by atoms with Gasteiger partial charge in [0, 0.05) is 18.5 Å². The van der Waals surface area contributed by atoms with Crippen LogP contribution in [0.1, 0.15) is 62.3 Å². The number of hydrogen-bond donors (Lipinski definition) is 1. The van der Waals surface area contributed by atoms with Crippen LogP contribution in [-0.4, -0.2) is 17.6 Å². The summed E-state index contributed by atoms with van der Waals surface area (Å²) >= 11 is 0. The summed E-state index contributed by atoms with van der Waals surface area (Å²) in [5.74, 6) is 0.646. The summed E-state index contributed by atoms with van der Waals surface area (Å²) in [5, 5.41) is 6.79. The average Bonchev–Trinajstić information content (AvgIpc) is 2.67. The molecule has 1 heterocycles. The maximum Gasteiger partial charge on any atom is 0.273 e. The molecule has 0 saturated heterocycles. The second-order valence-corrected chi connectivity index (χ2v) is 5.53. The number of hydrogen-bond acceptors (Lipinski definition) is 3. The number of amides is 1. The molecule has 0 saturated carbocycles. The first-order chi connectivity index (χ1) is 8.41. The fourth-order valence-corrected chi connectivity index (χ4v) is 2.08. The molecule has 0 bridgehead atoms. The first-order valence-corrected chi connectivity index (χ1v) is 6.64. The zero-order valence-electron chi connectivity index (χ0n) is 12.1. The molecule has 1 amide bonds. The van der Waals surface area contributed by atoms with Gasteiger partial charge in [-0.25, -0.2) is 0 Å². The minimum Gasteiger partial charge on any atom is -0.360 e. The van der Waals surface area contributed by atoms with Gasteiger partial charge in [-0.15, -0.1) is 0 Å². The van der Waals surface area contributed by atoms with Crippen molar-refractivity contribution in [3.8, 4) is 0 Å². The van der Waals surface area contributed by atoms with Crippen molar-refractivity contribution in [2.45, 2.75) is 53.9 Å². The number of nitrogens with zero attached hydrogens (tertiary/aromatic N) is 1. The van der Waals surface area contributed by atoms with Gasteiger partial charge in [-0.3, -0.25) is 4.79 Å². The molecule has 0 aliphatic rings. The van der Waals surface area contributed by atoms with Crippen LogP contribution in [0.15, 0.2) is 4.52 Å². The van der Waals surface area contributed by atoms with E-state index in [9.17, 15) is 4.79 Å². The molecule has 0 radical (unpaired) electrons. The van der Waals surface area contributed by atoms with Crippen LogP contribution in [0.2, 0.25) is 0 Å². The molecule has 1 N–H and O–H groups in total. The summed E-state index contributed by atoms with van der Waals surface area (Å²) in [6.45, 7) is 11.0. The van der Waals surface area contributed by atoms with Crippen molar-refractivity contribution in [1.29, 1.82) is 0 Å². The lowest BCUT2D eigenvalue weighted by atomic mass is 9.88. The number of aromatic nitrogens is 1. The predicted molar refractivity (Wildman–Crippen MR) is 71.6 cm³/mol. The van der Waals surface area contributed by atoms with E-state index in [1.807, 2.05) is 13.8 Å². The monoisotopic (exact) mass is 252 g/mol. The molecule has 0 unspecified atom stereocenters. The molecule has 0 aliphatic heterocycles. The highest BCUT2D eigenvalue weighted by Crippen LogP contribution is 2.21. The Balaban J connectivity index is 2.63. The number of nitrogens with one attached hydrogen (secondary N) is 1. The first-order valence-electron chi connectivity index (χ1n) is 6.64. The SMILES string of the molecule is CCCC(C)(C)CNC(=O)c1noc(CC)c1C. The van der Waals surface area contributed by atoms with Gasteiger partial charge < -0.3 is 9.84 Å². The van der Waals surface area contributed by atoms with E-state index in [1.165, 1.54) is 0 Å². The smallest absolute Gasteiger partial charge is 0.273 e. The Kier molecular flexibility index (Phi) is 4.93. The molecular formula is C14H24N2O2. The van der Waals surface area contributed by atoms with Crippen molar-refractivity contribution in [1.82, 2.24) is 10.5 Å². The molecule has 0 aliphatic carbocycles. The van der Waals surface area contributed by atoms with Gasteiger partial charge in [-0.05, 0) is 18.8 Å². The van der Waals surface area contributed by atoms with Crippen molar-refractivity contribution in [3.63, 3.8) is 0 Å². The Bertz CT molecular complexity index is 408. The average molecular weight is 252 g/mol. The molecule has 1 aromatic rings. The molecule has 1 aromatic heterocycles. The van der Waals surface area contributed by atoms with E-state index in [1.54, 1.807) is 0 Å². The summed E-state index contributed by atoms with van der Waals surface area (Å²) in [5.41, 5.74) is 1.39. The van der Waals surface area contributed by atoms with Crippen LogP contribution >= 0.6 is 0 Å². The highest BCUT2D eigenvalue weighted by atomic mass is 16.5. The molecule has 0 spiro atoms. The van der Waals surface area contributed by atoms with Crippen LogP contribution in [0.25, 0.3) is 0 Å². The summed E-state index contributed by atoms with van der Waals surface area (Å²) in [7, 11) is 0. The normalized spacial score (nSPS) is 11.6. The second kappa shape index (κ2) is 6.03. The van der Waals surface area contributed by atoms with Crippen LogP contribution in [0.5, 0.6) is 0 Å². The predicted octanol–water partition coefficient (Wildman–Crippen LogP) is 3.10. The lowest BCUT2D eigenvalue weighted by Crippen LogP contribution is -2.34. The van der Waals surface area contributed by atoms with E-state index in [0.717, 1.165) is 30.6 Å². The minimum atomic E-state index is -0.139. The molecule has 0 aromatic carbocycles. The molecule has 18 heavy (non-hydrogen) atoms. The second-order valence-electron chi connectivity index (χ2n) is 5.53. The van der Waals surface area contributed by atoms with Crippen LogP contribution in [0.4, 0.5) is 0 Å². The molecule has 1 rings (SSSR count). The summed E-state index contributed by atoms with van der Waals surface area (Å²) in [4.78, 5) is 12.0. The fraction of sp³-hybridized carbons (Fsp3) is 0.714. The highest BCUT2D eigenvalue weighted by Gasteiger charge is 2.21. The third kappa shape index (κ3) is 3.59. The van der Waals surface area contributed by atoms with E-state index in [0.29, 0.717) is 12.2 Å². The van der Waals surface area contributed by atoms with E-state index in [4.69, 9.17) is 4.52 Å². The van der Waals surface area contributed by atoms with Gasteiger partial charge in [0.25, 0.3) is 5.91 Å². The number of carbonyl (C=O) groups is 1. The lowest BCUT2D eigenvalue weighted by molar-refractivity contribution is 0.0924. The topological polar surface area (TPSA) is 55.1 Å². The number of carbonyl (C=O) groups excluding carboxylic acids is 1. The Morgan fingerprint density at radius 3 is 2.56 bits per heavy atom. The van der Waals surface area contributed by atoms with Crippen molar-refractivity contribution in [2.24, 2.45) is 5.41 Å². The van der Waals surface area contributed by atoms with Crippen molar-refractivity contribution < 1.29 is 9.32 Å². The molecule has 0 fully saturated rings. The molecular weight excluding hydrogens is 228 g/mol. The Morgan fingerprint density at radius 1 is 1.39 bits per heavy atom. The van der Waals surface area contributed by atoms with Crippen molar-refractivity contribution in [2.75, 3.05) is 6.54 Å². The summed E-state index contributed by atoms with van der Waals surface area (Å²) in [6.07, 6.45) is 2.96. The quantitative estimate of drug-likeness (QED) is 0.846. The van der Waals surface area contributed by atoms with E-state index in [-0.39, 0.29) is 11.3 Å². The lowest BCUT2D eigenvalue weighted by Gasteiger charge is -2.23. The van der Waals surface area contributed by atoms with E-state index >= 15 is 0 Å². The van der Waals surface area contributed by atoms with E-state index in [2.05, 4.69) is 31.2 Å². The van der Waals surface area contributed by atoms with Crippen molar-refractivity contribution in [3.05, 3.63) is 17.0 Å². The van der Waals surface area contributed by atoms with Crippen molar-refractivity contribution >= 4 is 5.91 Å². The first kappa shape index (κ1) is 14.7. The van der Waals surface area contributed by atoms with Crippen LogP contribution < -0.4 is 5.32 Å².